The molecule has 0 aromatic heterocycles. The van der Waals surface area contributed by atoms with Crippen molar-refractivity contribution in [1.82, 2.24) is 0 Å². The van der Waals surface area contributed by atoms with Gasteiger partial charge in [0.15, 0.2) is 0 Å². The zero-order chi connectivity index (χ0) is 13.7. The van der Waals surface area contributed by atoms with Crippen LogP contribution in [0.5, 0.6) is 0 Å². The summed E-state index contributed by atoms with van der Waals surface area (Å²) in [7, 11) is 0. The van der Waals surface area contributed by atoms with Crippen molar-refractivity contribution in [3.63, 3.8) is 0 Å². The van der Waals surface area contributed by atoms with E-state index in [1.807, 2.05) is 0 Å². The second-order valence-electron chi connectivity index (χ2n) is 3.88. The summed E-state index contributed by atoms with van der Waals surface area (Å²) in [5.41, 5.74) is 0.0549. The highest BCUT2D eigenvalue weighted by Gasteiger charge is 2.29. The molecule has 100 valence electrons. The molecule has 3 nitrogen and oxygen atoms in total. The van der Waals surface area contributed by atoms with Crippen LogP contribution in [-0.4, -0.2) is 17.7 Å². The summed E-state index contributed by atoms with van der Waals surface area (Å²) in [5, 5.41) is 10.3. The van der Waals surface area contributed by atoms with Crippen LogP contribution in [0.25, 0.3) is 0 Å². The first-order valence-corrected chi connectivity index (χ1v) is 6.18. The summed E-state index contributed by atoms with van der Waals surface area (Å²) in [6.45, 7) is 3.64. The molecule has 0 aliphatic heterocycles. The smallest absolute Gasteiger partial charge is 0.311 e. The minimum Gasteiger partial charge on any atom is -0.466 e. The van der Waals surface area contributed by atoms with Crippen LogP contribution < -0.4 is 0 Å². The normalized spacial score (nSPS) is 14.1. The maximum atomic E-state index is 13.7. The second kappa shape index (κ2) is 6.71. The highest BCUT2D eigenvalue weighted by Crippen LogP contribution is 2.29. The Morgan fingerprint density at radius 1 is 1.50 bits per heavy atom. The molecule has 0 saturated carbocycles. The van der Waals surface area contributed by atoms with E-state index in [-0.39, 0.29) is 17.2 Å². The Bertz CT molecular complexity index is 423. The summed E-state index contributed by atoms with van der Waals surface area (Å²) in [6, 6.07) is 3.96. The number of ether oxygens (including phenoxy) is 1. The summed E-state index contributed by atoms with van der Waals surface area (Å²) < 4.78 is 18.5. The Balaban J connectivity index is 2.96. The van der Waals surface area contributed by atoms with Crippen molar-refractivity contribution in [2.24, 2.45) is 5.92 Å². The number of aliphatic hydroxyl groups is 1. The van der Waals surface area contributed by atoms with Gasteiger partial charge in [-0.05, 0) is 25.5 Å². The van der Waals surface area contributed by atoms with Gasteiger partial charge < -0.3 is 9.84 Å². The van der Waals surface area contributed by atoms with E-state index in [2.05, 4.69) is 0 Å². The molecule has 0 fully saturated rings. The number of carbonyl (C=O) groups excluding carboxylic acids is 1. The van der Waals surface area contributed by atoms with Crippen LogP contribution >= 0.6 is 11.6 Å². The fraction of sp³-hybridized carbons (Fsp3) is 0.462. The third-order valence-electron chi connectivity index (χ3n) is 2.69. The quantitative estimate of drug-likeness (QED) is 0.839. The standard InChI is InChI=1S/C13H16ClFO3/c1-3-9(13(17)18-4-2)12(16)10-6-5-8(14)7-11(10)15/h5-7,9,12,16H,3-4H2,1-2H3. The molecule has 1 aromatic carbocycles. The van der Waals surface area contributed by atoms with E-state index in [0.29, 0.717) is 6.42 Å². The molecule has 0 spiro atoms. The number of hydrogen-bond donors (Lipinski definition) is 1. The van der Waals surface area contributed by atoms with Crippen LogP contribution in [0.2, 0.25) is 5.02 Å². The van der Waals surface area contributed by atoms with Crippen LogP contribution in [0.15, 0.2) is 18.2 Å². The number of aliphatic hydroxyl groups excluding tert-OH is 1. The number of hydrogen-bond acceptors (Lipinski definition) is 3. The number of benzene rings is 1. The molecule has 2 unspecified atom stereocenters. The first-order chi connectivity index (χ1) is 8.51. The third kappa shape index (κ3) is 3.43. The predicted octanol–water partition coefficient (Wildman–Crippen LogP) is 3.10. The summed E-state index contributed by atoms with van der Waals surface area (Å²) >= 11 is 5.63. The fourth-order valence-electron chi connectivity index (χ4n) is 1.73. The van der Waals surface area contributed by atoms with Gasteiger partial charge in [0.2, 0.25) is 0 Å². The number of esters is 1. The molecular formula is C13H16ClFO3. The zero-order valence-electron chi connectivity index (χ0n) is 10.3. The molecule has 0 amide bonds. The van der Waals surface area contributed by atoms with Gasteiger partial charge >= 0.3 is 5.97 Å². The SMILES string of the molecule is CCOC(=O)C(CC)C(O)c1ccc(Cl)cc1F. The molecule has 0 aliphatic rings. The van der Waals surface area contributed by atoms with Crippen molar-refractivity contribution < 1.29 is 19.0 Å². The van der Waals surface area contributed by atoms with E-state index in [0.717, 1.165) is 6.07 Å². The Kier molecular flexibility index (Phi) is 5.56. The maximum absolute atomic E-state index is 13.7. The Labute approximate surface area is 111 Å². The van der Waals surface area contributed by atoms with Crippen LogP contribution in [0.1, 0.15) is 31.9 Å². The summed E-state index contributed by atoms with van der Waals surface area (Å²) in [5.74, 6) is -1.93. The van der Waals surface area contributed by atoms with Crippen molar-refractivity contribution in [3.8, 4) is 0 Å². The third-order valence-corrected chi connectivity index (χ3v) is 2.93. The molecule has 2 atom stereocenters. The topological polar surface area (TPSA) is 46.5 Å². The molecule has 1 rings (SSSR count). The lowest BCUT2D eigenvalue weighted by molar-refractivity contribution is -0.152. The predicted molar refractivity (Wildman–Crippen MR) is 66.8 cm³/mol. The van der Waals surface area contributed by atoms with Crippen LogP contribution in [0.3, 0.4) is 0 Å². The van der Waals surface area contributed by atoms with Gasteiger partial charge in [-0.3, -0.25) is 4.79 Å². The lowest BCUT2D eigenvalue weighted by Crippen LogP contribution is -2.24. The molecule has 0 radical (unpaired) electrons. The van der Waals surface area contributed by atoms with E-state index < -0.39 is 23.8 Å². The van der Waals surface area contributed by atoms with E-state index in [9.17, 15) is 14.3 Å². The zero-order valence-corrected chi connectivity index (χ0v) is 11.1. The molecule has 0 bridgehead atoms. The van der Waals surface area contributed by atoms with Gasteiger partial charge in [-0.15, -0.1) is 0 Å². The van der Waals surface area contributed by atoms with Gasteiger partial charge in [-0.25, -0.2) is 4.39 Å². The monoisotopic (exact) mass is 274 g/mol. The molecule has 1 aromatic rings. The molecule has 0 aliphatic carbocycles. The molecule has 0 heterocycles. The fourth-order valence-corrected chi connectivity index (χ4v) is 1.89. The van der Waals surface area contributed by atoms with Crippen molar-refractivity contribution in [2.75, 3.05) is 6.61 Å². The maximum Gasteiger partial charge on any atom is 0.311 e. The van der Waals surface area contributed by atoms with E-state index in [1.54, 1.807) is 13.8 Å². The molecule has 1 N–H and O–H groups in total. The molecule has 18 heavy (non-hydrogen) atoms. The van der Waals surface area contributed by atoms with Gasteiger partial charge in [0.05, 0.1) is 18.6 Å². The first-order valence-electron chi connectivity index (χ1n) is 5.80. The van der Waals surface area contributed by atoms with Gasteiger partial charge in [-0.2, -0.15) is 0 Å². The van der Waals surface area contributed by atoms with Crippen molar-refractivity contribution >= 4 is 17.6 Å². The van der Waals surface area contributed by atoms with Crippen LogP contribution in [0.4, 0.5) is 4.39 Å². The average Bonchev–Trinajstić information content (AvgIpc) is 2.29. The van der Waals surface area contributed by atoms with E-state index >= 15 is 0 Å². The highest BCUT2D eigenvalue weighted by molar-refractivity contribution is 6.30. The van der Waals surface area contributed by atoms with Crippen LogP contribution in [0, 0.1) is 11.7 Å². The molecule has 5 heteroatoms. The van der Waals surface area contributed by atoms with Gasteiger partial charge in [0, 0.05) is 10.6 Å². The minimum absolute atomic E-state index is 0.0549. The summed E-state index contributed by atoms with van der Waals surface area (Å²) in [6.07, 6.45) is -0.867. The van der Waals surface area contributed by atoms with E-state index in [4.69, 9.17) is 16.3 Å². The first kappa shape index (κ1) is 14.9. The van der Waals surface area contributed by atoms with Crippen molar-refractivity contribution in [1.29, 1.82) is 0 Å². The molecule has 0 saturated heterocycles. The molecular weight excluding hydrogens is 259 g/mol. The lowest BCUT2D eigenvalue weighted by Gasteiger charge is -2.20. The van der Waals surface area contributed by atoms with Crippen molar-refractivity contribution in [3.05, 3.63) is 34.6 Å². The van der Waals surface area contributed by atoms with Gasteiger partial charge in [0.25, 0.3) is 0 Å². The van der Waals surface area contributed by atoms with E-state index in [1.165, 1.54) is 12.1 Å². The highest BCUT2D eigenvalue weighted by atomic mass is 35.5. The van der Waals surface area contributed by atoms with Gasteiger partial charge in [0.1, 0.15) is 5.82 Å². The Hall–Kier alpha value is -1.13. The Morgan fingerprint density at radius 2 is 2.17 bits per heavy atom. The lowest BCUT2D eigenvalue weighted by atomic mass is 9.93. The second-order valence-corrected chi connectivity index (χ2v) is 4.31. The number of rotatable bonds is 5. The average molecular weight is 275 g/mol. The summed E-state index contributed by atoms with van der Waals surface area (Å²) in [4.78, 5) is 11.6. The van der Waals surface area contributed by atoms with Crippen molar-refractivity contribution in [2.45, 2.75) is 26.4 Å². The number of halogens is 2. The van der Waals surface area contributed by atoms with Gasteiger partial charge in [-0.1, -0.05) is 24.6 Å². The minimum atomic E-state index is -1.23. The Morgan fingerprint density at radius 3 is 2.67 bits per heavy atom. The largest absolute Gasteiger partial charge is 0.466 e. The van der Waals surface area contributed by atoms with Crippen LogP contribution in [-0.2, 0) is 9.53 Å². The number of carbonyl (C=O) groups is 1.